The molecule has 0 fully saturated rings. The Bertz CT molecular complexity index is 303. The first-order chi connectivity index (χ1) is 5.77. The fraction of sp³-hybridized carbons (Fsp3) is 0.125. The van der Waals surface area contributed by atoms with Crippen LogP contribution in [0.3, 0.4) is 0 Å². The van der Waals surface area contributed by atoms with Gasteiger partial charge in [0.15, 0.2) is 0 Å². The van der Waals surface area contributed by atoms with Crippen LogP contribution in [0, 0.1) is 0 Å². The van der Waals surface area contributed by atoms with E-state index in [1.807, 2.05) is 23.5 Å². The Kier molecular flexibility index (Phi) is 1.40. The van der Waals surface area contributed by atoms with Crippen LogP contribution >= 0.6 is 0 Å². The standard InChI is InChI=1S/C8H9N3O/c9-8(12)6-1-3-11-4-2-10-7(11)5-6/h1-5,7,10H,(H2,9,12). The van der Waals surface area contributed by atoms with E-state index in [2.05, 4.69) is 5.32 Å². The van der Waals surface area contributed by atoms with E-state index in [1.54, 1.807) is 12.2 Å². The number of primary amides is 1. The number of fused-ring (bicyclic) bond motifs is 1. The summed E-state index contributed by atoms with van der Waals surface area (Å²) in [4.78, 5) is 12.7. The second-order valence-corrected chi connectivity index (χ2v) is 2.68. The summed E-state index contributed by atoms with van der Waals surface area (Å²) in [5.74, 6) is -0.389. The summed E-state index contributed by atoms with van der Waals surface area (Å²) < 4.78 is 0. The molecule has 3 N–H and O–H groups in total. The lowest BCUT2D eigenvalue weighted by atomic mass is 10.1. The lowest BCUT2D eigenvalue weighted by molar-refractivity contribution is -0.114. The van der Waals surface area contributed by atoms with E-state index >= 15 is 0 Å². The molecule has 0 aromatic carbocycles. The number of hydrogen-bond acceptors (Lipinski definition) is 3. The summed E-state index contributed by atoms with van der Waals surface area (Å²) in [5, 5.41) is 3.05. The predicted molar refractivity (Wildman–Crippen MR) is 44.3 cm³/mol. The van der Waals surface area contributed by atoms with Crippen LogP contribution in [-0.4, -0.2) is 17.0 Å². The predicted octanol–water partition coefficient (Wildman–Crippen LogP) is -0.372. The monoisotopic (exact) mass is 163 g/mol. The third-order valence-corrected chi connectivity index (χ3v) is 1.88. The maximum Gasteiger partial charge on any atom is 0.248 e. The van der Waals surface area contributed by atoms with Gasteiger partial charge in [0.1, 0.15) is 6.17 Å². The Morgan fingerprint density at radius 1 is 1.58 bits per heavy atom. The summed E-state index contributed by atoms with van der Waals surface area (Å²) in [6.45, 7) is 0. The van der Waals surface area contributed by atoms with E-state index < -0.39 is 0 Å². The normalized spacial score (nSPS) is 24.8. The molecule has 0 aromatic heterocycles. The highest BCUT2D eigenvalue weighted by molar-refractivity contribution is 5.95. The van der Waals surface area contributed by atoms with Gasteiger partial charge in [0.05, 0.1) is 0 Å². The van der Waals surface area contributed by atoms with Gasteiger partial charge >= 0.3 is 0 Å². The topological polar surface area (TPSA) is 58.4 Å². The van der Waals surface area contributed by atoms with E-state index in [1.165, 1.54) is 0 Å². The Labute approximate surface area is 70.0 Å². The van der Waals surface area contributed by atoms with Gasteiger partial charge in [-0.2, -0.15) is 0 Å². The summed E-state index contributed by atoms with van der Waals surface area (Å²) >= 11 is 0. The Hall–Kier alpha value is -1.71. The summed E-state index contributed by atoms with van der Waals surface area (Å²) in [7, 11) is 0. The third-order valence-electron chi connectivity index (χ3n) is 1.88. The van der Waals surface area contributed by atoms with Gasteiger partial charge in [0.2, 0.25) is 5.91 Å². The minimum Gasteiger partial charge on any atom is -0.366 e. The van der Waals surface area contributed by atoms with E-state index in [4.69, 9.17) is 5.73 Å². The molecule has 4 nitrogen and oxygen atoms in total. The van der Waals surface area contributed by atoms with Crippen LogP contribution in [0.15, 0.2) is 36.3 Å². The molecule has 2 aliphatic rings. The summed E-state index contributed by atoms with van der Waals surface area (Å²) in [5.41, 5.74) is 5.67. The number of nitrogens with one attached hydrogen (secondary N) is 1. The van der Waals surface area contributed by atoms with Gasteiger partial charge in [0, 0.05) is 24.2 Å². The zero-order valence-electron chi connectivity index (χ0n) is 6.40. The molecule has 0 radical (unpaired) electrons. The largest absolute Gasteiger partial charge is 0.366 e. The van der Waals surface area contributed by atoms with Crippen LogP contribution in [0.2, 0.25) is 0 Å². The molecule has 0 bridgehead atoms. The molecule has 1 amide bonds. The van der Waals surface area contributed by atoms with Crippen molar-refractivity contribution in [2.75, 3.05) is 0 Å². The molecular weight excluding hydrogens is 154 g/mol. The minimum atomic E-state index is -0.389. The highest BCUT2D eigenvalue weighted by Crippen LogP contribution is 2.15. The molecular formula is C8H9N3O. The maximum atomic E-state index is 10.8. The SMILES string of the molecule is NC(=O)C1=CC2NC=CN2C=C1. The number of hydrogen-bond donors (Lipinski definition) is 2. The second-order valence-electron chi connectivity index (χ2n) is 2.68. The number of nitrogens with two attached hydrogens (primary N) is 1. The Balaban J connectivity index is 2.23. The van der Waals surface area contributed by atoms with Crippen molar-refractivity contribution in [1.29, 1.82) is 0 Å². The smallest absolute Gasteiger partial charge is 0.248 e. The molecule has 62 valence electrons. The van der Waals surface area contributed by atoms with Crippen LogP contribution in [-0.2, 0) is 4.79 Å². The van der Waals surface area contributed by atoms with E-state index in [-0.39, 0.29) is 12.1 Å². The van der Waals surface area contributed by atoms with Crippen LogP contribution in [0.5, 0.6) is 0 Å². The van der Waals surface area contributed by atoms with Crippen LogP contribution in [0.4, 0.5) is 0 Å². The molecule has 0 aromatic rings. The van der Waals surface area contributed by atoms with Crippen molar-refractivity contribution in [2.24, 2.45) is 5.73 Å². The molecule has 0 aliphatic carbocycles. The average Bonchev–Trinajstić information content (AvgIpc) is 2.49. The highest BCUT2D eigenvalue weighted by atomic mass is 16.1. The van der Waals surface area contributed by atoms with Crippen molar-refractivity contribution in [1.82, 2.24) is 10.2 Å². The zero-order valence-corrected chi connectivity index (χ0v) is 6.40. The molecule has 1 atom stereocenters. The molecule has 0 spiro atoms. The van der Waals surface area contributed by atoms with Crippen LogP contribution in [0.25, 0.3) is 0 Å². The summed E-state index contributed by atoms with van der Waals surface area (Å²) in [6, 6.07) is 0. The van der Waals surface area contributed by atoms with E-state index in [0.717, 1.165) is 0 Å². The number of carbonyl (C=O) groups excluding carboxylic acids is 1. The first-order valence-corrected chi connectivity index (χ1v) is 3.67. The molecule has 2 aliphatic heterocycles. The molecule has 0 saturated heterocycles. The molecule has 0 saturated carbocycles. The zero-order chi connectivity index (χ0) is 8.55. The van der Waals surface area contributed by atoms with Crippen LogP contribution in [0.1, 0.15) is 0 Å². The van der Waals surface area contributed by atoms with Gasteiger partial charge in [-0.05, 0) is 12.2 Å². The van der Waals surface area contributed by atoms with Crippen molar-refractivity contribution in [3.8, 4) is 0 Å². The lowest BCUT2D eigenvalue weighted by Gasteiger charge is -2.22. The van der Waals surface area contributed by atoms with Gasteiger partial charge < -0.3 is 16.0 Å². The van der Waals surface area contributed by atoms with E-state index in [9.17, 15) is 4.79 Å². The van der Waals surface area contributed by atoms with Crippen molar-refractivity contribution in [2.45, 2.75) is 6.17 Å². The lowest BCUT2D eigenvalue weighted by Crippen LogP contribution is -2.33. The van der Waals surface area contributed by atoms with Gasteiger partial charge in [-0.1, -0.05) is 0 Å². The average molecular weight is 163 g/mol. The highest BCUT2D eigenvalue weighted by Gasteiger charge is 2.19. The number of nitrogens with zero attached hydrogens (tertiary/aromatic N) is 1. The molecule has 4 heteroatoms. The van der Waals surface area contributed by atoms with Crippen molar-refractivity contribution in [3.63, 3.8) is 0 Å². The first-order valence-electron chi connectivity index (χ1n) is 3.67. The van der Waals surface area contributed by atoms with Crippen molar-refractivity contribution in [3.05, 3.63) is 36.3 Å². The van der Waals surface area contributed by atoms with Crippen LogP contribution < -0.4 is 11.1 Å². The van der Waals surface area contributed by atoms with Crippen molar-refractivity contribution >= 4 is 5.91 Å². The second kappa shape index (κ2) is 2.41. The Morgan fingerprint density at radius 2 is 2.42 bits per heavy atom. The summed E-state index contributed by atoms with van der Waals surface area (Å²) in [6.07, 6.45) is 9.10. The molecule has 12 heavy (non-hydrogen) atoms. The van der Waals surface area contributed by atoms with Gasteiger partial charge in [-0.25, -0.2) is 0 Å². The number of rotatable bonds is 1. The molecule has 1 unspecified atom stereocenters. The van der Waals surface area contributed by atoms with Crippen molar-refractivity contribution < 1.29 is 4.79 Å². The quantitative estimate of drug-likeness (QED) is 0.554. The first kappa shape index (κ1) is 6.97. The van der Waals surface area contributed by atoms with Gasteiger partial charge in [0.25, 0.3) is 0 Å². The maximum absolute atomic E-state index is 10.8. The fourth-order valence-electron chi connectivity index (χ4n) is 1.24. The minimum absolute atomic E-state index is 0.0532. The third kappa shape index (κ3) is 0.972. The Morgan fingerprint density at radius 3 is 3.17 bits per heavy atom. The fourth-order valence-corrected chi connectivity index (χ4v) is 1.24. The van der Waals surface area contributed by atoms with Gasteiger partial charge in [-0.15, -0.1) is 0 Å². The molecule has 2 heterocycles. The molecule has 2 rings (SSSR count). The number of amides is 1. The van der Waals surface area contributed by atoms with Gasteiger partial charge in [-0.3, -0.25) is 4.79 Å². The van der Waals surface area contributed by atoms with E-state index in [0.29, 0.717) is 5.57 Å². The number of carbonyl (C=O) groups is 1.